The fraction of sp³-hybridized carbons (Fsp3) is 0.333. The third-order valence-corrected chi connectivity index (χ3v) is 7.32. The van der Waals surface area contributed by atoms with Crippen molar-refractivity contribution < 1.29 is 23.1 Å². The second kappa shape index (κ2) is 12.6. The number of benzene rings is 3. The average Bonchev–Trinajstić information content (AvgIpc) is 3.63. The number of hydrogen-bond acceptors (Lipinski definition) is 5. The lowest BCUT2D eigenvalue weighted by molar-refractivity contribution is 0.0945. The summed E-state index contributed by atoms with van der Waals surface area (Å²) in [7, 11) is 1.56. The Hall–Kier alpha value is -4.17. The monoisotopic (exact) mass is 557 g/mol. The van der Waals surface area contributed by atoms with Crippen LogP contribution in [0.1, 0.15) is 53.8 Å². The van der Waals surface area contributed by atoms with E-state index < -0.39 is 0 Å². The summed E-state index contributed by atoms with van der Waals surface area (Å²) in [5.74, 6) is 0.439. The molecule has 3 aromatic carbocycles. The van der Waals surface area contributed by atoms with Crippen LogP contribution in [-0.2, 0) is 0 Å². The van der Waals surface area contributed by atoms with E-state index in [0.29, 0.717) is 64.3 Å². The quantitative estimate of drug-likeness (QED) is 0.217. The Balaban J connectivity index is 1.53. The van der Waals surface area contributed by atoms with Crippen LogP contribution in [0, 0.1) is 11.7 Å². The molecule has 1 fully saturated rings. The first-order valence-electron chi connectivity index (χ1n) is 14.2. The predicted molar refractivity (Wildman–Crippen MR) is 159 cm³/mol. The summed E-state index contributed by atoms with van der Waals surface area (Å²) in [6.45, 7) is 6.24. The van der Waals surface area contributed by atoms with Crippen molar-refractivity contribution >= 4 is 22.8 Å². The van der Waals surface area contributed by atoms with Crippen LogP contribution in [0.25, 0.3) is 33.4 Å². The lowest BCUT2D eigenvalue weighted by atomic mass is 9.98. The fourth-order valence-electron chi connectivity index (χ4n) is 5.13. The molecule has 5 rings (SSSR count). The van der Waals surface area contributed by atoms with Crippen molar-refractivity contribution in [2.45, 2.75) is 39.2 Å². The Bertz CT molecular complexity index is 1540. The van der Waals surface area contributed by atoms with Gasteiger partial charge in [-0.2, -0.15) is 0 Å². The van der Waals surface area contributed by atoms with E-state index in [-0.39, 0.29) is 17.6 Å². The van der Waals surface area contributed by atoms with Crippen LogP contribution in [0.3, 0.4) is 0 Å². The van der Waals surface area contributed by atoms with E-state index in [1.54, 1.807) is 25.2 Å². The molecule has 0 spiro atoms. The lowest BCUT2D eigenvalue weighted by Crippen LogP contribution is -2.27. The van der Waals surface area contributed by atoms with Gasteiger partial charge in [-0.1, -0.05) is 19.9 Å². The number of nitrogens with one attached hydrogen (secondary N) is 3. The predicted octanol–water partition coefficient (Wildman–Crippen LogP) is 6.17. The molecule has 0 aliphatic carbocycles. The summed E-state index contributed by atoms with van der Waals surface area (Å²) in [5.41, 5.74) is 3.57. The zero-order chi connectivity index (χ0) is 28.9. The maximum absolute atomic E-state index is 13.6. The smallest absolute Gasteiger partial charge is 0.255 e. The Kier molecular flexibility index (Phi) is 8.69. The lowest BCUT2D eigenvalue weighted by Gasteiger charge is -2.14. The number of ether oxygens (including phenoxy) is 1. The third-order valence-electron chi connectivity index (χ3n) is 7.32. The van der Waals surface area contributed by atoms with E-state index >= 15 is 0 Å². The van der Waals surface area contributed by atoms with Crippen LogP contribution < -0.4 is 20.7 Å². The number of amides is 2. The minimum atomic E-state index is -0.372. The molecule has 0 radical (unpaired) electrons. The van der Waals surface area contributed by atoms with Crippen molar-refractivity contribution in [2.75, 3.05) is 26.7 Å². The molecule has 1 aliphatic rings. The molecule has 214 valence electrons. The van der Waals surface area contributed by atoms with Gasteiger partial charge in [0.15, 0.2) is 0 Å². The molecule has 8 heteroatoms. The highest BCUT2D eigenvalue weighted by molar-refractivity contribution is 6.12. The summed E-state index contributed by atoms with van der Waals surface area (Å²) in [6, 6.07) is 17.4. The van der Waals surface area contributed by atoms with E-state index in [1.165, 1.54) is 18.6 Å². The number of fused-ring (bicyclic) bond motifs is 1. The van der Waals surface area contributed by atoms with Gasteiger partial charge in [-0.25, -0.2) is 4.39 Å². The van der Waals surface area contributed by atoms with Gasteiger partial charge in [0.2, 0.25) is 0 Å². The number of carbonyl (C=O) groups is 2. The first-order valence-corrected chi connectivity index (χ1v) is 14.2. The molecule has 1 aliphatic heterocycles. The molecule has 3 N–H and O–H groups in total. The maximum atomic E-state index is 13.6. The van der Waals surface area contributed by atoms with Gasteiger partial charge in [0.25, 0.3) is 11.8 Å². The Morgan fingerprint density at radius 1 is 1.02 bits per heavy atom. The van der Waals surface area contributed by atoms with Gasteiger partial charge < -0.3 is 25.1 Å². The highest BCUT2D eigenvalue weighted by Gasteiger charge is 2.22. The first-order chi connectivity index (χ1) is 19.8. The SMILES string of the molecule is CNC(=O)c1c(-c2ccc(F)cc2)oc2ccc(-c3cc(OCCC4CCCN4)cc(C(=O)NCC(C)C)c3)cc12. The highest BCUT2D eigenvalue weighted by atomic mass is 19.1. The average molecular weight is 558 g/mol. The molecule has 0 bridgehead atoms. The van der Waals surface area contributed by atoms with Crippen molar-refractivity contribution in [3.8, 4) is 28.2 Å². The molecule has 1 unspecified atom stereocenters. The Morgan fingerprint density at radius 2 is 1.80 bits per heavy atom. The number of hydrogen-bond donors (Lipinski definition) is 3. The van der Waals surface area contributed by atoms with Crippen LogP contribution in [0.5, 0.6) is 5.75 Å². The van der Waals surface area contributed by atoms with E-state index in [2.05, 4.69) is 16.0 Å². The van der Waals surface area contributed by atoms with Gasteiger partial charge in [-0.3, -0.25) is 9.59 Å². The van der Waals surface area contributed by atoms with Crippen molar-refractivity contribution in [1.82, 2.24) is 16.0 Å². The van der Waals surface area contributed by atoms with Crippen molar-refractivity contribution in [3.63, 3.8) is 0 Å². The van der Waals surface area contributed by atoms with Crippen LogP contribution >= 0.6 is 0 Å². The van der Waals surface area contributed by atoms with Gasteiger partial charge in [0, 0.05) is 36.1 Å². The zero-order valence-corrected chi connectivity index (χ0v) is 23.7. The minimum absolute atomic E-state index is 0.170. The highest BCUT2D eigenvalue weighted by Crippen LogP contribution is 2.37. The standard InChI is InChI=1S/C33H36FN3O4/c1-20(2)19-37-32(38)24-15-23(16-27(17-24)40-14-12-26-5-4-13-36-26)22-8-11-29-28(18-22)30(33(39)35-3)31(41-29)21-6-9-25(34)10-7-21/h6-11,15-18,20,26,36H,4-5,12-14,19H2,1-3H3,(H,35,39)(H,37,38). The topological polar surface area (TPSA) is 92.6 Å². The molecular weight excluding hydrogens is 521 g/mol. The largest absolute Gasteiger partial charge is 0.493 e. The van der Waals surface area contributed by atoms with Gasteiger partial charge in [0.05, 0.1) is 12.2 Å². The molecule has 0 saturated carbocycles. The molecule has 1 saturated heterocycles. The second-order valence-corrected chi connectivity index (χ2v) is 10.9. The molecule has 2 amide bonds. The summed E-state index contributed by atoms with van der Waals surface area (Å²) < 4.78 is 25.8. The third kappa shape index (κ3) is 6.60. The first kappa shape index (κ1) is 28.4. The maximum Gasteiger partial charge on any atom is 0.255 e. The second-order valence-electron chi connectivity index (χ2n) is 10.9. The van der Waals surface area contributed by atoms with Crippen molar-refractivity contribution in [3.05, 3.63) is 77.6 Å². The summed E-state index contributed by atoms with van der Waals surface area (Å²) in [4.78, 5) is 26.1. The fourth-order valence-corrected chi connectivity index (χ4v) is 5.13. The normalized spacial score (nSPS) is 14.9. The van der Waals surface area contributed by atoms with Gasteiger partial charge in [0.1, 0.15) is 22.9 Å². The van der Waals surface area contributed by atoms with Crippen LogP contribution in [0.15, 0.2) is 65.1 Å². The summed E-state index contributed by atoms with van der Waals surface area (Å²) >= 11 is 0. The number of halogens is 1. The molecule has 7 nitrogen and oxygen atoms in total. The van der Waals surface area contributed by atoms with Gasteiger partial charge in [-0.15, -0.1) is 0 Å². The Morgan fingerprint density at radius 3 is 2.51 bits per heavy atom. The molecule has 2 heterocycles. The van der Waals surface area contributed by atoms with Crippen LogP contribution in [-0.4, -0.2) is 44.6 Å². The summed E-state index contributed by atoms with van der Waals surface area (Å²) in [6.07, 6.45) is 3.21. The van der Waals surface area contributed by atoms with E-state index in [9.17, 15) is 14.0 Å². The molecule has 41 heavy (non-hydrogen) atoms. The molecule has 4 aromatic rings. The zero-order valence-electron chi connectivity index (χ0n) is 23.7. The van der Waals surface area contributed by atoms with Gasteiger partial charge >= 0.3 is 0 Å². The van der Waals surface area contributed by atoms with Crippen molar-refractivity contribution in [2.24, 2.45) is 5.92 Å². The minimum Gasteiger partial charge on any atom is -0.493 e. The van der Waals surface area contributed by atoms with E-state index in [4.69, 9.17) is 9.15 Å². The summed E-state index contributed by atoms with van der Waals surface area (Å²) in [5, 5.41) is 9.79. The van der Waals surface area contributed by atoms with E-state index in [1.807, 2.05) is 44.2 Å². The van der Waals surface area contributed by atoms with Crippen molar-refractivity contribution in [1.29, 1.82) is 0 Å². The molecular formula is C33H36FN3O4. The van der Waals surface area contributed by atoms with Gasteiger partial charge in [-0.05, 0) is 97.4 Å². The van der Waals surface area contributed by atoms with E-state index in [0.717, 1.165) is 30.5 Å². The number of rotatable bonds is 10. The number of carbonyl (C=O) groups excluding carboxylic acids is 2. The molecule has 1 aromatic heterocycles. The van der Waals surface area contributed by atoms with Crippen LogP contribution in [0.2, 0.25) is 0 Å². The van der Waals surface area contributed by atoms with Crippen LogP contribution in [0.4, 0.5) is 4.39 Å². The number of furan rings is 1. The Labute approximate surface area is 239 Å². The molecule has 1 atom stereocenters.